The second-order valence-electron chi connectivity index (χ2n) is 8.04. The highest BCUT2D eigenvalue weighted by atomic mass is 31.1. The fraction of sp³-hybridized carbons (Fsp3) is 0.148. The minimum atomic E-state index is -2.65. The summed E-state index contributed by atoms with van der Waals surface area (Å²) in [6.45, 7) is 2.94. The Bertz CT molecular complexity index is 1490. The first kappa shape index (κ1) is 25.8. The lowest BCUT2D eigenvalue weighted by molar-refractivity contribution is -0.169. The molecular formula is C27H23N2O7P. The highest BCUT2D eigenvalue weighted by Gasteiger charge is 2.21. The first-order valence-corrected chi connectivity index (χ1v) is 12.4. The number of esters is 1. The van der Waals surface area contributed by atoms with Gasteiger partial charge in [-0.15, -0.1) is 0 Å². The third-order valence-corrected chi connectivity index (χ3v) is 6.32. The molecule has 4 rings (SSSR count). The Labute approximate surface area is 213 Å². The van der Waals surface area contributed by atoms with Crippen LogP contribution in [0.25, 0.3) is 10.8 Å². The molecule has 3 aromatic carbocycles. The summed E-state index contributed by atoms with van der Waals surface area (Å²) in [6, 6.07) is 18.3. The lowest BCUT2D eigenvalue weighted by Gasteiger charge is -2.12. The first-order valence-electron chi connectivity index (χ1n) is 11.3. The molecular weight excluding hydrogens is 495 g/mol. The first-order chi connectivity index (χ1) is 17.9. The van der Waals surface area contributed by atoms with E-state index >= 15 is 0 Å². The van der Waals surface area contributed by atoms with Gasteiger partial charge >= 0.3 is 14.1 Å². The number of hydrogen-bond acceptors (Lipinski definition) is 9. The minimum absolute atomic E-state index is 0.0747. The Kier molecular flexibility index (Phi) is 8.08. The Morgan fingerprint density at radius 1 is 1.11 bits per heavy atom. The van der Waals surface area contributed by atoms with E-state index < -0.39 is 20.2 Å². The van der Waals surface area contributed by atoms with Gasteiger partial charge in [0.05, 0.1) is 11.3 Å². The zero-order valence-corrected chi connectivity index (χ0v) is 20.9. The van der Waals surface area contributed by atoms with Gasteiger partial charge in [0.1, 0.15) is 18.1 Å². The average molecular weight is 518 g/mol. The minimum Gasteiger partial charge on any atom is -0.575 e. The molecule has 0 aliphatic carbocycles. The molecule has 0 spiro atoms. The molecule has 188 valence electrons. The molecule has 1 aromatic heterocycles. The number of aryl methyl sites for hydroxylation is 1. The number of hydrogen-bond donors (Lipinski definition) is 1. The maximum atomic E-state index is 12.6. The van der Waals surface area contributed by atoms with Crippen molar-refractivity contribution in [3.05, 3.63) is 89.7 Å². The van der Waals surface area contributed by atoms with Crippen LogP contribution >= 0.6 is 8.17 Å². The van der Waals surface area contributed by atoms with Crippen LogP contribution in [0.15, 0.2) is 77.7 Å². The normalized spacial score (nSPS) is 12.1. The quantitative estimate of drug-likeness (QED) is 0.144. The fourth-order valence-corrected chi connectivity index (χ4v) is 4.17. The smallest absolute Gasteiger partial charge is 0.395 e. The number of aromatic hydroxyl groups is 1. The third kappa shape index (κ3) is 6.27. The zero-order valence-electron chi connectivity index (χ0n) is 20.0. The molecule has 37 heavy (non-hydrogen) atoms. The predicted molar refractivity (Wildman–Crippen MR) is 136 cm³/mol. The Hall–Kier alpha value is -4.33. The highest BCUT2D eigenvalue weighted by Crippen LogP contribution is 2.34. The molecule has 0 radical (unpaired) electrons. The predicted octanol–water partition coefficient (Wildman–Crippen LogP) is 4.87. The molecule has 0 fully saturated rings. The monoisotopic (exact) mass is 518 g/mol. The number of fused-ring (bicyclic) bond motifs is 1. The number of aldehydes is 1. The molecule has 2 atom stereocenters. The van der Waals surface area contributed by atoms with Crippen LogP contribution in [-0.4, -0.2) is 28.4 Å². The topological polar surface area (TPSA) is 130 Å². The van der Waals surface area contributed by atoms with Gasteiger partial charge < -0.3 is 19.5 Å². The summed E-state index contributed by atoms with van der Waals surface area (Å²) in [5.41, 5.74) is 0.763. The number of rotatable bonds is 9. The lowest BCUT2D eigenvalue weighted by Crippen LogP contribution is -2.21. The second-order valence-corrected chi connectivity index (χ2v) is 8.92. The zero-order chi connectivity index (χ0) is 26.4. The second kappa shape index (κ2) is 11.6. The largest absolute Gasteiger partial charge is 0.575 e. The van der Waals surface area contributed by atoms with Gasteiger partial charge in [-0.3, -0.25) is 14.3 Å². The van der Waals surface area contributed by atoms with Crippen molar-refractivity contribution in [1.82, 2.24) is 4.98 Å². The number of nitrogens with zero attached hydrogens (tertiary/aromatic N) is 2. The third-order valence-electron chi connectivity index (χ3n) is 5.43. The highest BCUT2D eigenvalue weighted by molar-refractivity contribution is 7.34. The van der Waals surface area contributed by atoms with Crippen molar-refractivity contribution in [3.63, 3.8) is 0 Å². The van der Waals surface area contributed by atoms with Gasteiger partial charge in [0.2, 0.25) is 5.75 Å². The lowest BCUT2D eigenvalue weighted by atomic mass is 10.1. The summed E-state index contributed by atoms with van der Waals surface area (Å²) in [6.07, 6.45) is 1.96. The molecule has 1 N–H and O–H groups in total. The van der Waals surface area contributed by atoms with E-state index in [1.165, 1.54) is 19.2 Å². The molecule has 0 saturated carbocycles. The molecule has 0 aliphatic rings. The van der Waals surface area contributed by atoms with Crippen LogP contribution in [0.4, 0.5) is 0 Å². The molecule has 1 heterocycles. The summed E-state index contributed by atoms with van der Waals surface area (Å²) < 4.78 is 20.5. The van der Waals surface area contributed by atoms with Gasteiger partial charge in [-0.25, -0.2) is 4.79 Å². The summed E-state index contributed by atoms with van der Waals surface area (Å²) in [5, 5.41) is 12.0. The summed E-state index contributed by atoms with van der Waals surface area (Å²) in [5.74, 6) is -0.192. The molecule has 0 saturated heterocycles. The van der Waals surface area contributed by atoms with E-state index in [9.17, 15) is 19.6 Å². The summed E-state index contributed by atoms with van der Waals surface area (Å²) >= 11 is 0. The molecule has 4 aromatic rings. The van der Waals surface area contributed by atoms with E-state index in [4.69, 9.17) is 14.0 Å². The van der Waals surface area contributed by atoms with Crippen molar-refractivity contribution in [1.29, 1.82) is 0 Å². The maximum Gasteiger partial charge on any atom is 0.395 e. The van der Waals surface area contributed by atoms with Crippen molar-refractivity contribution >= 4 is 31.2 Å². The maximum absolute atomic E-state index is 12.6. The average Bonchev–Trinajstić information content (AvgIpc) is 2.90. The van der Waals surface area contributed by atoms with Crippen molar-refractivity contribution in [2.75, 3.05) is 0 Å². The SMILES string of the molecule is Cc1ncc(COc2ccccc2O/[P+]([O-])=N/C(C)C(=O)Oc2ccc3ccccc3c2)c(C=O)c1O. The molecule has 0 aliphatic heterocycles. The van der Waals surface area contributed by atoms with Crippen molar-refractivity contribution < 1.29 is 33.6 Å². The van der Waals surface area contributed by atoms with Gasteiger partial charge in [-0.1, -0.05) is 47.2 Å². The van der Waals surface area contributed by atoms with E-state index in [1.807, 2.05) is 30.3 Å². The molecule has 9 nitrogen and oxygen atoms in total. The standard InChI is InChI=1S/C27H23N2O7P/c1-17-26(31)23(15-30)21(14-28-17)16-34-24-9-5-6-10-25(24)36-37(33)29-18(2)27(32)35-22-12-11-19-7-3-4-8-20(19)13-22/h3-15,18,31H,16H2,1-2H3. The Morgan fingerprint density at radius 3 is 2.57 bits per heavy atom. The van der Waals surface area contributed by atoms with Crippen LogP contribution < -0.4 is 18.9 Å². The van der Waals surface area contributed by atoms with Crippen LogP contribution in [-0.2, 0) is 11.4 Å². The van der Waals surface area contributed by atoms with Crippen LogP contribution in [0.1, 0.15) is 28.5 Å². The van der Waals surface area contributed by atoms with Gasteiger partial charge in [-0.05, 0) is 48.9 Å². The van der Waals surface area contributed by atoms with E-state index in [1.54, 1.807) is 37.3 Å². The van der Waals surface area contributed by atoms with Gasteiger partial charge in [0, 0.05) is 11.8 Å². The van der Waals surface area contributed by atoms with E-state index in [-0.39, 0.29) is 29.4 Å². The van der Waals surface area contributed by atoms with Gasteiger partial charge in [-0.2, -0.15) is 0 Å². The Morgan fingerprint density at radius 2 is 1.81 bits per heavy atom. The van der Waals surface area contributed by atoms with Crippen LogP contribution in [0.5, 0.6) is 23.0 Å². The van der Waals surface area contributed by atoms with E-state index in [0.717, 1.165) is 10.8 Å². The van der Waals surface area contributed by atoms with Crippen molar-refractivity contribution in [2.24, 2.45) is 4.74 Å². The number of pyridine rings is 1. The van der Waals surface area contributed by atoms with Gasteiger partial charge in [0.25, 0.3) is 0 Å². The van der Waals surface area contributed by atoms with Crippen molar-refractivity contribution in [2.45, 2.75) is 26.5 Å². The molecule has 0 amide bonds. The number of benzene rings is 3. The van der Waals surface area contributed by atoms with Crippen LogP contribution in [0.2, 0.25) is 0 Å². The fourth-order valence-electron chi connectivity index (χ4n) is 3.43. The number of carbonyl (C=O) groups is 2. The molecule has 0 bridgehead atoms. The Balaban J connectivity index is 1.42. The van der Waals surface area contributed by atoms with E-state index in [2.05, 4.69) is 9.73 Å². The van der Waals surface area contributed by atoms with Crippen molar-refractivity contribution in [3.8, 4) is 23.0 Å². The number of para-hydroxylation sites is 2. The number of aromatic nitrogens is 1. The van der Waals surface area contributed by atoms with Crippen LogP contribution in [0, 0.1) is 6.92 Å². The van der Waals surface area contributed by atoms with Gasteiger partial charge in [0.15, 0.2) is 18.1 Å². The van der Waals surface area contributed by atoms with Crippen LogP contribution in [0.3, 0.4) is 0 Å². The summed E-state index contributed by atoms with van der Waals surface area (Å²) in [7, 11) is -2.65. The number of carbonyl (C=O) groups excluding carboxylic acids is 2. The number of ether oxygens (including phenoxy) is 2. The molecule has 2 unspecified atom stereocenters. The molecule has 10 heteroatoms. The summed E-state index contributed by atoms with van der Waals surface area (Å²) in [4.78, 5) is 40.5. The van der Waals surface area contributed by atoms with E-state index in [0.29, 0.717) is 23.3 Å².